The molecular formula is C62H37N. The van der Waals surface area contributed by atoms with E-state index in [0.29, 0.717) is 0 Å². The Bertz CT molecular complexity index is 4190. The van der Waals surface area contributed by atoms with Crippen molar-refractivity contribution in [2.24, 2.45) is 0 Å². The number of benzene rings is 13. The fourth-order valence-corrected chi connectivity index (χ4v) is 11.0. The van der Waals surface area contributed by atoms with Gasteiger partial charge in [0.15, 0.2) is 0 Å². The maximum atomic E-state index is 2.50. The zero-order valence-electron chi connectivity index (χ0n) is 34.3. The Morgan fingerprint density at radius 1 is 0.206 bits per heavy atom. The van der Waals surface area contributed by atoms with Gasteiger partial charge in [0.25, 0.3) is 0 Å². The van der Waals surface area contributed by atoms with E-state index in [1.165, 1.54) is 119 Å². The average Bonchev–Trinajstić information content (AvgIpc) is 3.35. The van der Waals surface area contributed by atoms with Crippen molar-refractivity contribution in [3.8, 4) is 11.1 Å². The first-order chi connectivity index (χ1) is 31.2. The molecule has 0 atom stereocenters. The zero-order chi connectivity index (χ0) is 41.2. The van der Waals surface area contributed by atoms with E-state index < -0.39 is 0 Å². The normalized spacial score (nSPS) is 12.1. The highest BCUT2D eigenvalue weighted by atomic mass is 15.1. The van der Waals surface area contributed by atoms with E-state index in [1.54, 1.807) is 0 Å². The summed E-state index contributed by atoms with van der Waals surface area (Å²) in [6.45, 7) is 0. The number of fused-ring (bicyclic) bond motifs is 8. The van der Waals surface area contributed by atoms with Crippen LogP contribution < -0.4 is 4.90 Å². The minimum Gasteiger partial charge on any atom is -0.310 e. The molecule has 0 aliphatic rings. The van der Waals surface area contributed by atoms with Gasteiger partial charge in [0, 0.05) is 16.8 Å². The van der Waals surface area contributed by atoms with Crippen LogP contribution in [0.2, 0.25) is 0 Å². The van der Waals surface area contributed by atoms with E-state index in [-0.39, 0.29) is 0 Å². The maximum absolute atomic E-state index is 2.50. The van der Waals surface area contributed by atoms with E-state index in [1.807, 2.05) is 0 Å². The average molecular weight is 796 g/mol. The van der Waals surface area contributed by atoms with Crippen molar-refractivity contribution < 1.29 is 0 Å². The van der Waals surface area contributed by atoms with Gasteiger partial charge in [-0.3, -0.25) is 0 Å². The van der Waals surface area contributed by atoms with Crippen LogP contribution in [-0.2, 0) is 0 Å². The van der Waals surface area contributed by atoms with Crippen molar-refractivity contribution in [1.29, 1.82) is 0 Å². The monoisotopic (exact) mass is 795 g/mol. The third kappa shape index (κ3) is 5.05. The quantitative estimate of drug-likeness (QED) is 0.160. The Morgan fingerprint density at radius 3 is 1.33 bits per heavy atom. The van der Waals surface area contributed by atoms with Crippen LogP contribution in [0, 0.1) is 0 Å². The largest absolute Gasteiger partial charge is 0.310 e. The smallest absolute Gasteiger partial charge is 0.0546 e. The van der Waals surface area contributed by atoms with Crippen molar-refractivity contribution in [3.63, 3.8) is 0 Å². The lowest BCUT2D eigenvalue weighted by Gasteiger charge is -2.29. The van der Waals surface area contributed by atoms with E-state index in [2.05, 4.69) is 229 Å². The van der Waals surface area contributed by atoms with Crippen molar-refractivity contribution >= 4 is 125 Å². The highest BCUT2D eigenvalue weighted by Crippen LogP contribution is 2.48. The van der Waals surface area contributed by atoms with Crippen LogP contribution in [0.1, 0.15) is 0 Å². The van der Waals surface area contributed by atoms with E-state index >= 15 is 0 Å². The topological polar surface area (TPSA) is 3.24 Å². The lowest BCUT2D eigenvalue weighted by molar-refractivity contribution is 1.31. The molecule has 0 heterocycles. The molecule has 14 aromatic carbocycles. The zero-order valence-corrected chi connectivity index (χ0v) is 34.3. The Balaban J connectivity index is 1.07. The molecule has 290 valence electrons. The molecule has 0 spiro atoms. The van der Waals surface area contributed by atoms with Crippen LogP contribution >= 0.6 is 0 Å². The molecule has 0 saturated carbocycles. The summed E-state index contributed by atoms with van der Waals surface area (Å²) in [5, 5.41) is 25.4. The molecule has 0 saturated heterocycles. The van der Waals surface area contributed by atoms with E-state index in [4.69, 9.17) is 0 Å². The van der Waals surface area contributed by atoms with Gasteiger partial charge in [0.1, 0.15) is 0 Å². The van der Waals surface area contributed by atoms with E-state index in [9.17, 15) is 0 Å². The van der Waals surface area contributed by atoms with E-state index in [0.717, 1.165) is 17.1 Å². The van der Waals surface area contributed by atoms with Crippen molar-refractivity contribution in [3.05, 3.63) is 224 Å². The van der Waals surface area contributed by atoms with Gasteiger partial charge in [-0.2, -0.15) is 0 Å². The highest BCUT2D eigenvalue weighted by Gasteiger charge is 2.21. The summed E-state index contributed by atoms with van der Waals surface area (Å²) in [4.78, 5) is 2.50. The first kappa shape index (κ1) is 34.5. The molecule has 0 aliphatic carbocycles. The Kier molecular flexibility index (Phi) is 7.17. The molecule has 1 heteroatoms. The molecule has 0 radical (unpaired) electrons. The summed E-state index contributed by atoms with van der Waals surface area (Å²) >= 11 is 0. The summed E-state index contributed by atoms with van der Waals surface area (Å²) in [5.41, 5.74) is 5.78. The summed E-state index contributed by atoms with van der Waals surface area (Å²) in [6, 6.07) is 84.0. The molecule has 14 aromatic rings. The second kappa shape index (κ2) is 13.1. The summed E-state index contributed by atoms with van der Waals surface area (Å²) in [6.07, 6.45) is 0. The fourth-order valence-electron chi connectivity index (χ4n) is 11.0. The van der Waals surface area contributed by atoms with Crippen LogP contribution in [0.4, 0.5) is 17.1 Å². The van der Waals surface area contributed by atoms with Crippen molar-refractivity contribution in [1.82, 2.24) is 0 Å². The van der Waals surface area contributed by atoms with Crippen LogP contribution in [0.15, 0.2) is 224 Å². The molecule has 63 heavy (non-hydrogen) atoms. The molecule has 14 rings (SSSR count). The predicted molar refractivity (Wildman–Crippen MR) is 273 cm³/mol. The third-order valence-electron chi connectivity index (χ3n) is 13.9. The lowest BCUT2D eigenvalue weighted by atomic mass is 9.87. The SMILES string of the molecule is c1ccc2c(c1)ccc1cc(-c3ccc(N(c4cc5ccc6cccc7c8cccc9ccc%10cccc(c(c4)c5c67)c%10c98)c4cc5ccccc5c5ccccc45)cc3)ccc12. The first-order valence-corrected chi connectivity index (χ1v) is 21.9. The maximum Gasteiger partial charge on any atom is 0.0546 e. The third-order valence-corrected chi connectivity index (χ3v) is 13.9. The van der Waals surface area contributed by atoms with Crippen LogP contribution in [0.25, 0.3) is 119 Å². The lowest BCUT2D eigenvalue weighted by Crippen LogP contribution is -2.11. The van der Waals surface area contributed by atoms with Gasteiger partial charge in [-0.05, 0) is 150 Å². The number of rotatable bonds is 4. The van der Waals surface area contributed by atoms with Gasteiger partial charge < -0.3 is 4.90 Å². The number of hydrogen-bond acceptors (Lipinski definition) is 1. The summed E-state index contributed by atoms with van der Waals surface area (Å²) in [5.74, 6) is 0. The number of anilines is 3. The van der Waals surface area contributed by atoms with Crippen molar-refractivity contribution in [2.45, 2.75) is 0 Å². The van der Waals surface area contributed by atoms with Crippen LogP contribution in [0.3, 0.4) is 0 Å². The molecule has 0 amide bonds. The molecular weight excluding hydrogens is 759 g/mol. The summed E-state index contributed by atoms with van der Waals surface area (Å²) < 4.78 is 0. The second-order valence-electron chi connectivity index (χ2n) is 17.2. The Labute approximate surface area is 363 Å². The Hall–Kier alpha value is -8.26. The van der Waals surface area contributed by atoms with Gasteiger partial charge in [-0.25, -0.2) is 0 Å². The Morgan fingerprint density at radius 2 is 0.651 bits per heavy atom. The summed E-state index contributed by atoms with van der Waals surface area (Å²) in [7, 11) is 0. The molecule has 0 N–H and O–H groups in total. The van der Waals surface area contributed by atoms with Crippen molar-refractivity contribution in [2.75, 3.05) is 4.90 Å². The fraction of sp³-hybridized carbons (Fsp3) is 0. The van der Waals surface area contributed by atoms with Gasteiger partial charge in [0.2, 0.25) is 0 Å². The van der Waals surface area contributed by atoms with Gasteiger partial charge in [-0.1, -0.05) is 188 Å². The molecule has 0 fully saturated rings. The first-order valence-electron chi connectivity index (χ1n) is 21.9. The minimum atomic E-state index is 1.11. The number of hydrogen-bond donors (Lipinski definition) is 0. The van der Waals surface area contributed by atoms with Crippen LogP contribution in [-0.4, -0.2) is 0 Å². The van der Waals surface area contributed by atoms with Crippen LogP contribution in [0.5, 0.6) is 0 Å². The minimum absolute atomic E-state index is 1.11. The van der Waals surface area contributed by atoms with Gasteiger partial charge in [0.05, 0.1) is 5.69 Å². The molecule has 0 unspecified atom stereocenters. The second-order valence-corrected chi connectivity index (χ2v) is 17.2. The molecule has 0 aromatic heterocycles. The highest BCUT2D eigenvalue weighted by molar-refractivity contribution is 6.37. The molecule has 1 nitrogen and oxygen atoms in total. The molecule has 0 bridgehead atoms. The molecule has 0 aliphatic heterocycles. The standard InChI is InChI=1S/C62H37N/c1-3-15-49-39(10-1)22-26-45-34-43(30-33-51(45)49)38-28-31-47(32-29-38)63(58-36-44-11-2-4-16-50(44)52-17-5-6-18-53(52)58)48-35-46-27-25-42-13-8-20-55-54-19-7-12-40-23-24-41-14-9-21-56(61(41)59(40)54)57(37-48)62(46)60(42)55/h1-37H. The van der Waals surface area contributed by atoms with Gasteiger partial charge >= 0.3 is 0 Å². The van der Waals surface area contributed by atoms with Gasteiger partial charge in [-0.15, -0.1) is 0 Å². The number of nitrogens with zero attached hydrogens (tertiary/aromatic N) is 1. The predicted octanol–water partition coefficient (Wildman–Crippen LogP) is 17.8.